The molecule has 7 rings (SSSR count). The van der Waals surface area contributed by atoms with Gasteiger partial charge in [-0.15, -0.1) is 5.10 Å². The Hall–Kier alpha value is -2.50. The number of carbonyl (C=O) groups is 1. The quantitative estimate of drug-likeness (QED) is 0.386. The summed E-state index contributed by atoms with van der Waals surface area (Å²) in [5, 5.41) is 20.3. The van der Waals surface area contributed by atoms with E-state index in [1.807, 2.05) is 12.4 Å². The maximum Gasteiger partial charge on any atom is 0.309 e. The fourth-order valence-electron chi connectivity index (χ4n) is 12.8. The predicted octanol–water partition coefficient (Wildman–Crippen LogP) is 7.48. The largest absolute Gasteiger partial charge is 0.481 e. The second-order valence-corrected chi connectivity index (χ2v) is 16.4. The van der Waals surface area contributed by atoms with E-state index in [9.17, 15) is 9.90 Å². The molecule has 4 fully saturated rings. The number of fused-ring (bicyclic) bond motifs is 8. The van der Waals surface area contributed by atoms with Crippen LogP contribution in [0.25, 0.3) is 0 Å². The first-order valence-corrected chi connectivity index (χ1v) is 16.5. The second kappa shape index (κ2) is 9.01. The average molecular weight is 571 g/mol. The number of hydrogen-bond acceptors (Lipinski definition) is 4. The zero-order chi connectivity index (χ0) is 29.9. The third kappa shape index (κ3) is 3.44. The van der Waals surface area contributed by atoms with Crippen molar-refractivity contribution in [3.05, 3.63) is 53.6 Å². The maximum absolute atomic E-state index is 13.0. The number of allylic oxidation sites excluding steroid dienone is 1. The van der Waals surface area contributed by atoms with Crippen LogP contribution in [0, 0.1) is 51.2 Å². The van der Waals surface area contributed by atoms with Gasteiger partial charge < -0.3 is 5.11 Å². The number of aliphatic carboxylic acids is 1. The molecular weight excluding hydrogens is 520 g/mol. The van der Waals surface area contributed by atoms with Gasteiger partial charge in [-0.1, -0.05) is 52.0 Å². The van der Waals surface area contributed by atoms with Crippen LogP contribution in [0.4, 0.5) is 0 Å². The minimum absolute atomic E-state index is 0.0283. The van der Waals surface area contributed by atoms with Crippen molar-refractivity contribution < 1.29 is 9.90 Å². The molecule has 0 aliphatic heterocycles. The first-order chi connectivity index (χ1) is 19.8. The lowest BCUT2D eigenvalue weighted by Gasteiger charge is -2.72. The molecule has 42 heavy (non-hydrogen) atoms. The third-order valence-electron chi connectivity index (χ3n) is 14.7. The van der Waals surface area contributed by atoms with Crippen LogP contribution < -0.4 is 0 Å². The molecule has 0 aromatic carbocycles. The van der Waals surface area contributed by atoms with E-state index >= 15 is 0 Å². The number of carboxylic acid groups (broad SMARTS) is 1. The Morgan fingerprint density at radius 3 is 2.40 bits per heavy atom. The van der Waals surface area contributed by atoms with Gasteiger partial charge in [0, 0.05) is 17.8 Å². The molecule has 226 valence electrons. The van der Waals surface area contributed by atoms with Gasteiger partial charge >= 0.3 is 5.97 Å². The maximum atomic E-state index is 13.0. The summed E-state index contributed by atoms with van der Waals surface area (Å²) in [6.45, 7) is 20.0. The smallest absolute Gasteiger partial charge is 0.309 e. The van der Waals surface area contributed by atoms with E-state index in [4.69, 9.17) is 10.3 Å². The van der Waals surface area contributed by atoms with Crippen molar-refractivity contribution in [2.45, 2.75) is 111 Å². The Morgan fingerprint density at radius 1 is 0.976 bits per heavy atom. The molecule has 5 aliphatic carbocycles. The summed E-state index contributed by atoms with van der Waals surface area (Å²) in [5.41, 5.74) is 4.78. The standard InChI is InChI=1S/C36H50N4O2/c1-22(2)24-10-15-36(31(41)42)17-16-34(6)25(29(24)36)8-9-28-33(5)20-26-30(32(3,4)27(33)11-14-35(28,34)7)40(39-38-26)21-23-12-18-37-19-13-23/h12-13,18-19,24-25,27-29H,1,8-11,14-17,20-21H2,2-7H3,(H,41,42)/t24-,25+,27-,28+,29+,33-,34+,35+,36-/m0/s1. The Kier molecular flexibility index (Phi) is 6.07. The second-order valence-electron chi connectivity index (χ2n) is 16.4. The fourth-order valence-corrected chi connectivity index (χ4v) is 12.8. The summed E-state index contributed by atoms with van der Waals surface area (Å²) >= 11 is 0. The van der Waals surface area contributed by atoms with Gasteiger partial charge in [0.1, 0.15) is 0 Å². The van der Waals surface area contributed by atoms with Gasteiger partial charge in [-0.05, 0) is 128 Å². The number of carboxylic acids is 1. The number of hydrogen-bond donors (Lipinski definition) is 1. The van der Waals surface area contributed by atoms with Gasteiger partial charge in [0.15, 0.2) is 0 Å². The van der Waals surface area contributed by atoms with Crippen LogP contribution in [0.5, 0.6) is 0 Å². The molecule has 0 unspecified atom stereocenters. The van der Waals surface area contributed by atoms with Crippen LogP contribution in [-0.4, -0.2) is 31.1 Å². The normalized spacial score (nSPS) is 43.3. The summed E-state index contributed by atoms with van der Waals surface area (Å²) in [7, 11) is 0. The molecule has 2 heterocycles. The summed E-state index contributed by atoms with van der Waals surface area (Å²) in [6.07, 6.45) is 13.1. The van der Waals surface area contributed by atoms with Crippen molar-refractivity contribution >= 4 is 5.97 Å². The highest BCUT2D eigenvalue weighted by molar-refractivity contribution is 5.76. The topological polar surface area (TPSA) is 80.9 Å². The molecule has 0 radical (unpaired) electrons. The monoisotopic (exact) mass is 570 g/mol. The molecule has 0 saturated heterocycles. The van der Waals surface area contributed by atoms with E-state index in [1.54, 1.807) is 0 Å². The van der Waals surface area contributed by atoms with Crippen LogP contribution in [0.2, 0.25) is 0 Å². The van der Waals surface area contributed by atoms with Gasteiger partial charge in [0.2, 0.25) is 0 Å². The summed E-state index contributed by atoms with van der Waals surface area (Å²) in [5.74, 6) is 1.60. The Morgan fingerprint density at radius 2 is 1.71 bits per heavy atom. The number of rotatable bonds is 4. The van der Waals surface area contributed by atoms with E-state index in [-0.39, 0.29) is 27.6 Å². The van der Waals surface area contributed by atoms with Crippen LogP contribution >= 0.6 is 0 Å². The number of pyridine rings is 1. The molecular formula is C36H50N4O2. The van der Waals surface area contributed by atoms with Gasteiger partial charge in [-0.25, -0.2) is 4.68 Å². The molecule has 0 bridgehead atoms. The van der Waals surface area contributed by atoms with Crippen LogP contribution in [0.15, 0.2) is 36.7 Å². The Bertz CT molecular complexity index is 1430. The first-order valence-electron chi connectivity index (χ1n) is 16.5. The molecule has 5 aliphatic rings. The third-order valence-corrected chi connectivity index (χ3v) is 14.7. The lowest BCUT2D eigenvalue weighted by molar-refractivity contribution is -0.228. The molecule has 1 N–H and O–H groups in total. The van der Waals surface area contributed by atoms with E-state index in [2.05, 4.69) is 69.9 Å². The molecule has 9 atom stereocenters. The molecule has 6 nitrogen and oxygen atoms in total. The van der Waals surface area contributed by atoms with E-state index in [1.165, 1.54) is 41.8 Å². The van der Waals surface area contributed by atoms with Crippen molar-refractivity contribution in [1.82, 2.24) is 20.0 Å². The van der Waals surface area contributed by atoms with Gasteiger partial charge in [0.25, 0.3) is 0 Å². The minimum Gasteiger partial charge on any atom is -0.481 e. The van der Waals surface area contributed by atoms with Crippen molar-refractivity contribution in [2.75, 3.05) is 0 Å². The van der Waals surface area contributed by atoms with Crippen LogP contribution in [0.1, 0.15) is 110 Å². The fraction of sp³-hybridized carbons (Fsp3) is 0.722. The van der Waals surface area contributed by atoms with Crippen LogP contribution in [-0.2, 0) is 23.2 Å². The first kappa shape index (κ1) is 28.3. The van der Waals surface area contributed by atoms with Crippen molar-refractivity contribution in [3.8, 4) is 0 Å². The summed E-state index contributed by atoms with van der Waals surface area (Å²) in [4.78, 5) is 17.2. The minimum atomic E-state index is -0.562. The zero-order valence-corrected chi connectivity index (χ0v) is 26.6. The number of nitrogens with zero attached hydrogens (tertiary/aromatic N) is 4. The summed E-state index contributed by atoms with van der Waals surface area (Å²) < 4.78 is 2.17. The Labute approximate surface area is 251 Å². The molecule has 2 aromatic heterocycles. The SMILES string of the molecule is C=C(C)[C@@H]1CC[C@]2(C(=O)O)CC[C@]3(C)[C@H](CC[C@@H]4[C@@]5(C)Cc6nnn(Cc7ccncc7)c6C(C)(C)[C@@H]5CC[C@]43C)[C@@H]12. The molecule has 0 spiro atoms. The van der Waals surface area contributed by atoms with Gasteiger partial charge in [0.05, 0.1) is 23.3 Å². The number of aromatic nitrogens is 4. The highest BCUT2D eigenvalue weighted by Crippen LogP contribution is 2.77. The Balaban J connectivity index is 1.26. The summed E-state index contributed by atoms with van der Waals surface area (Å²) in [6, 6.07) is 4.15. The highest BCUT2D eigenvalue weighted by atomic mass is 16.4. The van der Waals surface area contributed by atoms with Gasteiger partial charge in [-0.2, -0.15) is 0 Å². The molecule has 2 aromatic rings. The van der Waals surface area contributed by atoms with Crippen molar-refractivity contribution in [3.63, 3.8) is 0 Å². The van der Waals surface area contributed by atoms with E-state index < -0.39 is 11.4 Å². The highest BCUT2D eigenvalue weighted by Gasteiger charge is 2.72. The molecule has 4 saturated carbocycles. The lowest BCUT2D eigenvalue weighted by atomic mass is 9.32. The molecule has 6 heteroatoms. The average Bonchev–Trinajstić information content (AvgIpc) is 3.52. The zero-order valence-electron chi connectivity index (χ0n) is 26.6. The van der Waals surface area contributed by atoms with Crippen LogP contribution in [0.3, 0.4) is 0 Å². The predicted molar refractivity (Wildman–Crippen MR) is 164 cm³/mol. The van der Waals surface area contributed by atoms with E-state index in [0.29, 0.717) is 23.7 Å². The molecule has 0 amide bonds. The van der Waals surface area contributed by atoms with Crippen molar-refractivity contribution in [2.24, 2.45) is 51.2 Å². The van der Waals surface area contributed by atoms with E-state index in [0.717, 1.165) is 45.1 Å². The van der Waals surface area contributed by atoms with Crippen molar-refractivity contribution in [1.29, 1.82) is 0 Å². The lowest BCUT2D eigenvalue weighted by Crippen LogP contribution is -2.67. The van der Waals surface area contributed by atoms with Gasteiger partial charge in [-0.3, -0.25) is 9.78 Å².